The van der Waals surface area contributed by atoms with Gasteiger partial charge in [-0.25, -0.2) is 8.78 Å². The Balaban J connectivity index is 2.02. The minimum absolute atomic E-state index is 0.156. The minimum atomic E-state index is -0.769. The van der Waals surface area contributed by atoms with Crippen LogP contribution in [0.15, 0.2) is 18.2 Å². The third kappa shape index (κ3) is 2.89. The van der Waals surface area contributed by atoms with Gasteiger partial charge in [0.15, 0.2) is 11.6 Å². The Morgan fingerprint density at radius 1 is 1.17 bits per heavy atom. The number of rotatable bonds is 4. The van der Waals surface area contributed by atoms with E-state index in [1.807, 2.05) is 6.92 Å². The molecule has 0 radical (unpaired) electrons. The van der Waals surface area contributed by atoms with E-state index in [2.05, 4.69) is 12.2 Å². The molecule has 0 bridgehead atoms. The average molecular weight is 253 g/mol. The molecule has 1 aliphatic carbocycles. The van der Waals surface area contributed by atoms with E-state index in [1.165, 1.54) is 25.7 Å². The van der Waals surface area contributed by atoms with Gasteiger partial charge in [0.25, 0.3) is 0 Å². The number of halogens is 2. The molecule has 0 amide bonds. The highest BCUT2D eigenvalue weighted by molar-refractivity contribution is 5.22. The van der Waals surface area contributed by atoms with Crippen molar-refractivity contribution in [2.24, 2.45) is 5.92 Å². The van der Waals surface area contributed by atoms with Gasteiger partial charge in [0.05, 0.1) is 0 Å². The summed E-state index contributed by atoms with van der Waals surface area (Å²) in [6.07, 6.45) is 5.07. The van der Waals surface area contributed by atoms with Gasteiger partial charge in [-0.05, 0) is 38.7 Å². The molecular formula is C15H21F2N. The second kappa shape index (κ2) is 5.79. The van der Waals surface area contributed by atoms with E-state index < -0.39 is 11.6 Å². The molecule has 1 saturated carbocycles. The average Bonchev–Trinajstić information content (AvgIpc) is 2.86. The summed E-state index contributed by atoms with van der Waals surface area (Å²) in [6.45, 7) is 4.03. The van der Waals surface area contributed by atoms with Crippen molar-refractivity contribution in [1.29, 1.82) is 0 Å². The van der Waals surface area contributed by atoms with Crippen LogP contribution >= 0.6 is 0 Å². The Morgan fingerprint density at radius 3 is 2.50 bits per heavy atom. The molecule has 2 rings (SSSR count). The van der Waals surface area contributed by atoms with Crippen LogP contribution in [0.2, 0.25) is 0 Å². The first-order valence-corrected chi connectivity index (χ1v) is 6.79. The van der Waals surface area contributed by atoms with Gasteiger partial charge in [0.1, 0.15) is 0 Å². The van der Waals surface area contributed by atoms with Crippen LogP contribution < -0.4 is 5.32 Å². The van der Waals surface area contributed by atoms with Crippen LogP contribution in [0.1, 0.15) is 51.1 Å². The van der Waals surface area contributed by atoms with Gasteiger partial charge in [-0.1, -0.05) is 25.0 Å². The number of benzene rings is 1. The molecule has 1 fully saturated rings. The summed E-state index contributed by atoms with van der Waals surface area (Å²) >= 11 is 0. The Labute approximate surface area is 108 Å². The van der Waals surface area contributed by atoms with Crippen molar-refractivity contribution < 1.29 is 8.78 Å². The molecule has 1 unspecified atom stereocenters. The van der Waals surface area contributed by atoms with Crippen molar-refractivity contribution in [2.75, 3.05) is 0 Å². The van der Waals surface area contributed by atoms with Crippen LogP contribution in [-0.4, -0.2) is 6.04 Å². The molecule has 100 valence electrons. The molecule has 0 saturated heterocycles. The largest absolute Gasteiger partial charge is 0.307 e. The summed E-state index contributed by atoms with van der Waals surface area (Å²) < 4.78 is 26.8. The number of nitrogens with one attached hydrogen (secondary N) is 1. The van der Waals surface area contributed by atoms with Crippen molar-refractivity contribution in [3.8, 4) is 0 Å². The molecule has 1 aromatic rings. The van der Waals surface area contributed by atoms with Crippen molar-refractivity contribution in [2.45, 2.75) is 51.6 Å². The summed E-state index contributed by atoms with van der Waals surface area (Å²) in [7, 11) is 0. The normalized spacial score (nSPS) is 20.0. The maximum absolute atomic E-state index is 13.7. The van der Waals surface area contributed by atoms with Crippen LogP contribution in [0.5, 0.6) is 0 Å². The molecule has 1 aliphatic rings. The Bertz CT molecular complexity index is 399. The topological polar surface area (TPSA) is 12.0 Å². The maximum Gasteiger partial charge on any atom is 0.163 e. The molecule has 18 heavy (non-hydrogen) atoms. The molecule has 1 N–H and O–H groups in total. The van der Waals surface area contributed by atoms with Gasteiger partial charge >= 0.3 is 0 Å². The summed E-state index contributed by atoms with van der Waals surface area (Å²) in [5.41, 5.74) is 0.417. The molecule has 3 heteroatoms. The molecule has 2 atom stereocenters. The SMILES string of the molecule is CC(N[C@H](C)C1CCCC1)c1cccc(F)c1F. The first-order chi connectivity index (χ1) is 8.59. The van der Waals surface area contributed by atoms with E-state index in [0.717, 1.165) is 6.07 Å². The Kier molecular flexibility index (Phi) is 4.33. The first-order valence-electron chi connectivity index (χ1n) is 6.79. The fourth-order valence-corrected chi connectivity index (χ4v) is 2.93. The molecule has 1 aromatic carbocycles. The van der Waals surface area contributed by atoms with Crippen LogP contribution in [0, 0.1) is 17.6 Å². The van der Waals surface area contributed by atoms with Crippen LogP contribution in [0.3, 0.4) is 0 Å². The standard InChI is InChI=1S/C15H21F2N/c1-10(12-6-3-4-7-12)18-11(2)13-8-5-9-14(16)15(13)17/h5,8-12,18H,3-4,6-7H2,1-2H3/t10-,11?/m1/s1. The molecular weight excluding hydrogens is 232 g/mol. The Hall–Kier alpha value is -0.960. The quantitative estimate of drug-likeness (QED) is 0.848. The van der Waals surface area contributed by atoms with Gasteiger partial charge in [0.2, 0.25) is 0 Å². The van der Waals surface area contributed by atoms with Gasteiger partial charge < -0.3 is 5.32 Å². The zero-order chi connectivity index (χ0) is 13.1. The fraction of sp³-hybridized carbons (Fsp3) is 0.600. The van der Waals surface area contributed by atoms with Gasteiger partial charge in [-0.3, -0.25) is 0 Å². The molecule has 0 aliphatic heterocycles. The van der Waals surface area contributed by atoms with Gasteiger partial charge in [0, 0.05) is 17.6 Å². The van der Waals surface area contributed by atoms with E-state index in [9.17, 15) is 8.78 Å². The van der Waals surface area contributed by atoms with Crippen molar-refractivity contribution >= 4 is 0 Å². The maximum atomic E-state index is 13.7. The fourth-order valence-electron chi connectivity index (χ4n) is 2.93. The smallest absolute Gasteiger partial charge is 0.163 e. The summed E-state index contributed by atoms with van der Waals surface area (Å²) in [6, 6.07) is 4.57. The predicted molar refractivity (Wildman–Crippen MR) is 69.3 cm³/mol. The lowest BCUT2D eigenvalue weighted by Gasteiger charge is -2.25. The van der Waals surface area contributed by atoms with Crippen LogP contribution in [0.4, 0.5) is 8.78 Å². The van der Waals surface area contributed by atoms with Crippen LogP contribution in [-0.2, 0) is 0 Å². The minimum Gasteiger partial charge on any atom is -0.307 e. The zero-order valence-electron chi connectivity index (χ0n) is 11.0. The summed E-state index contributed by atoms with van der Waals surface area (Å²) in [4.78, 5) is 0. The van der Waals surface area contributed by atoms with Gasteiger partial charge in [-0.15, -0.1) is 0 Å². The van der Waals surface area contributed by atoms with Crippen LogP contribution in [0.25, 0.3) is 0 Å². The molecule has 0 aromatic heterocycles. The van der Waals surface area contributed by atoms with Crippen molar-refractivity contribution in [1.82, 2.24) is 5.32 Å². The van der Waals surface area contributed by atoms with E-state index >= 15 is 0 Å². The predicted octanol–water partition coefficient (Wildman–Crippen LogP) is 4.19. The van der Waals surface area contributed by atoms with Gasteiger partial charge in [-0.2, -0.15) is 0 Å². The highest BCUT2D eigenvalue weighted by Gasteiger charge is 2.24. The van der Waals surface area contributed by atoms with E-state index in [1.54, 1.807) is 12.1 Å². The number of hydrogen-bond donors (Lipinski definition) is 1. The lowest BCUT2D eigenvalue weighted by atomic mass is 9.97. The summed E-state index contributed by atoms with van der Waals surface area (Å²) in [5.74, 6) is -0.824. The number of hydrogen-bond acceptors (Lipinski definition) is 1. The third-order valence-electron chi connectivity index (χ3n) is 4.07. The second-order valence-corrected chi connectivity index (χ2v) is 5.36. The van der Waals surface area contributed by atoms with Crippen molar-refractivity contribution in [3.63, 3.8) is 0 Å². The molecule has 1 nitrogen and oxygen atoms in total. The lowest BCUT2D eigenvalue weighted by Crippen LogP contribution is -2.34. The Morgan fingerprint density at radius 2 is 1.83 bits per heavy atom. The highest BCUT2D eigenvalue weighted by Crippen LogP contribution is 2.29. The first kappa shape index (κ1) is 13.5. The van der Waals surface area contributed by atoms with E-state index in [4.69, 9.17) is 0 Å². The summed E-state index contributed by atoms with van der Waals surface area (Å²) in [5, 5.41) is 3.40. The van der Waals surface area contributed by atoms with E-state index in [-0.39, 0.29) is 6.04 Å². The second-order valence-electron chi connectivity index (χ2n) is 5.36. The van der Waals surface area contributed by atoms with E-state index in [0.29, 0.717) is 17.5 Å². The molecule has 0 heterocycles. The third-order valence-corrected chi connectivity index (χ3v) is 4.07. The van der Waals surface area contributed by atoms with Crippen molar-refractivity contribution in [3.05, 3.63) is 35.4 Å². The monoisotopic (exact) mass is 253 g/mol. The lowest BCUT2D eigenvalue weighted by molar-refractivity contribution is 0.346. The highest BCUT2D eigenvalue weighted by atomic mass is 19.2. The zero-order valence-corrected chi connectivity index (χ0v) is 11.0. The molecule has 0 spiro atoms.